The summed E-state index contributed by atoms with van der Waals surface area (Å²) in [5.74, 6) is -0.315. The van der Waals surface area contributed by atoms with Gasteiger partial charge in [0.1, 0.15) is 0 Å². The minimum atomic E-state index is -0.628. The van der Waals surface area contributed by atoms with Crippen LogP contribution >= 0.6 is 0 Å². The highest BCUT2D eigenvalue weighted by Gasteiger charge is 2.60. The Morgan fingerprint density at radius 1 is 0.944 bits per heavy atom. The first kappa shape index (κ1) is 23.1. The maximum atomic E-state index is 13.1. The van der Waals surface area contributed by atoms with Crippen LogP contribution in [0.4, 0.5) is 0 Å². The van der Waals surface area contributed by atoms with E-state index in [2.05, 4.69) is 34.8 Å². The molecule has 0 aliphatic heterocycles. The molecule has 7 heteroatoms. The van der Waals surface area contributed by atoms with Gasteiger partial charge >= 0.3 is 5.97 Å². The Balaban J connectivity index is 1.27. The first-order valence-electron chi connectivity index (χ1n) is 11.5. The van der Waals surface area contributed by atoms with Crippen molar-refractivity contribution in [3.8, 4) is 11.5 Å². The zero-order chi connectivity index (χ0) is 25.0. The van der Waals surface area contributed by atoms with Crippen molar-refractivity contribution in [2.24, 2.45) is 11.0 Å². The Hall–Kier alpha value is -4.65. The molecule has 1 aliphatic carbocycles. The molecule has 1 saturated carbocycles. The van der Waals surface area contributed by atoms with E-state index >= 15 is 0 Å². The quantitative estimate of drug-likeness (QED) is 0.167. The summed E-state index contributed by atoms with van der Waals surface area (Å²) in [6.45, 7) is 0. The third kappa shape index (κ3) is 4.51. The van der Waals surface area contributed by atoms with Gasteiger partial charge in [0, 0.05) is 5.41 Å². The van der Waals surface area contributed by atoms with Crippen molar-refractivity contribution in [2.45, 2.75) is 11.8 Å². The van der Waals surface area contributed by atoms with Crippen LogP contribution in [0.2, 0.25) is 0 Å². The average Bonchev–Trinajstić information content (AvgIpc) is 3.45. The van der Waals surface area contributed by atoms with E-state index in [0.29, 0.717) is 17.7 Å². The lowest BCUT2D eigenvalue weighted by molar-refractivity contribution is -0.122. The molecule has 1 heterocycles. The molecule has 1 unspecified atom stereocenters. The van der Waals surface area contributed by atoms with Crippen LogP contribution in [0.1, 0.15) is 33.7 Å². The minimum Gasteiger partial charge on any atom is -0.493 e. The Kier molecular flexibility index (Phi) is 6.36. The molecule has 1 fully saturated rings. The number of carbonyl (C=O) groups excluding carboxylic acids is 2. The van der Waals surface area contributed by atoms with E-state index in [1.54, 1.807) is 24.3 Å². The molecule has 1 aromatic heterocycles. The molecule has 1 amide bonds. The van der Waals surface area contributed by atoms with Gasteiger partial charge in [0.2, 0.25) is 11.7 Å². The van der Waals surface area contributed by atoms with Crippen LogP contribution in [-0.2, 0) is 10.2 Å². The zero-order valence-corrected chi connectivity index (χ0v) is 19.6. The van der Waals surface area contributed by atoms with E-state index in [9.17, 15) is 9.59 Å². The smallest absolute Gasteiger partial charge is 0.379 e. The topological polar surface area (TPSA) is 90.1 Å². The highest BCUT2D eigenvalue weighted by atomic mass is 16.6. The Morgan fingerprint density at radius 2 is 1.64 bits per heavy atom. The van der Waals surface area contributed by atoms with E-state index in [1.165, 1.54) is 25.7 Å². The summed E-state index contributed by atoms with van der Waals surface area (Å²) >= 11 is 0. The van der Waals surface area contributed by atoms with E-state index in [4.69, 9.17) is 13.9 Å². The molecule has 1 atom stereocenters. The molecular formula is C29H24N2O5. The third-order valence-electron chi connectivity index (χ3n) is 6.36. The van der Waals surface area contributed by atoms with Crippen molar-refractivity contribution in [3.63, 3.8) is 0 Å². The monoisotopic (exact) mass is 480 g/mol. The molecule has 0 spiro atoms. The van der Waals surface area contributed by atoms with Crippen molar-refractivity contribution in [1.82, 2.24) is 5.43 Å². The number of methoxy groups -OCH3 is 1. The van der Waals surface area contributed by atoms with Gasteiger partial charge in [0.05, 0.1) is 25.5 Å². The van der Waals surface area contributed by atoms with Crippen molar-refractivity contribution < 1.29 is 23.5 Å². The molecule has 5 rings (SSSR count). The normalized spacial score (nSPS) is 15.9. The second kappa shape index (κ2) is 9.92. The molecule has 180 valence electrons. The van der Waals surface area contributed by atoms with Crippen LogP contribution in [0.15, 0.2) is 107 Å². The molecular weight excluding hydrogens is 456 g/mol. The number of esters is 1. The number of amides is 1. The van der Waals surface area contributed by atoms with E-state index in [1.807, 2.05) is 36.4 Å². The summed E-state index contributed by atoms with van der Waals surface area (Å²) in [5.41, 5.74) is 5.22. The van der Waals surface area contributed by atoms with Crippen LogP contribution in [-0.4, -0.2) is 25.2 Å². The fourth-order valence-corrected chi connectivity index (χ4v) is 4.50. The van der Waals surface area contributed by atoms with Gasteiger partial charge in [-0.2, -0.15) is 5.10 Å². The maximum Gasteiger partial charge on any atom is 0.379 e. The Labute approximate surface area is 208 Å². The fourth-order valence-electron chi connectivity index (χ4n) is 4.50. The number of nitrogens with one attached hydrogen (secondary N) is 1. The molecule has 1 N–H and O–H groups in total. The first-order chi connectivity index (χ1) is 17.6. The number of hydrazone groups is 1. The second-order valence-electron chi connectivity index (χ2n) is 8.47. The number of hydrogen-bond donors (Lipinski definition) is 1. The van der Waals surface area contributed by atoms with Gasteiger partial charge in [-0.3, -0.25) is 4.79 Å². The molecule has 36 heavy (non-hydrogen) atoms. The number of benzene rings is 3. The number of carbonyl (C=O) groups is 2. The summed E-state index contributed by atoms with van der Waals surface area (Å²) in [6.07, 6.45) is 3.63. The summed E-state index contributed by atoms with van der Waals surface area (Å²) in [4.78, 5) is 25.2. The van der Waals surface area contributed by atoms with E-state index < -0.39 is 5.97 Å². The van der Waals surface area contributed by atoms with Gasteiger partial charge < -0.3 is 13.9 Å². The molecule has 7 nitrogen and oxygen atoms in total. The number of furan rings is 1. The molecule has 4 aromatic rings. The van der Waals surface area contributed by atoms with Gasteiger partial charge in [-0.05, 0) is 53.4 Å². The molecule has 0 bridgehead atoms. The highest BCUT2D eigenvalue weighted by molar-refractivity contribution is 5.89. The fraction of sp³-hybridized carbons (Fsp3) is 0.138. The summed E-state index contributed by atoms with van der Waals surface area (Å²) in [5, 5.41) is 4.16. The summed E-state index contributed by atoms with van der Waals surface area (Å²) in [7, 11) is 1.47. The van der Waals surface area contributed by atoms with E-state index in [-0.39, 0.29) is 28.7 Å². The lowest BCUT2D eigenvalue weighted by atomic mass is 9.85. The molecule has 1 aliphatic rings. The van der Waals surface area contributed by atoms with Crippen LogP contribution in [0.3, 0.4) is 0 Å². The number of hydrogen-bond acceptors (Lipinski definition) is 6. The zero-order valence-electron chi connectivity index (χ0n) is 19.6. The number of nitrogens with zero attached hydrogens (tertiary/aromatic N) is 1. The van der Waals surface area contributed by atoms with Crippen LogP contribution in [0, 0.1) is 5.92 Å². The number of rotatable bonds is 8. The largest absolute Gasteiger partial charge is 0.493 e. The van der Waals surface area contributed by atoms with Gasteiger partial charge in [0.25, 0.3) is 0 Å². The van der Waals surface area contributed by atoms with Crippen LogP contribution < -0.4 is 14.9 Å². The second-order valence-corrected chi connectivity index (χ2v) is 8.47. The van der Waals surface area contributed by atoms with Crippen molar-refractivity contribution in [1.29, 1.82) is 0 Å². The van der Waals surface area contributed by atoms with Crippen molar-refractivity contribution >= 4 is 18.1 Å². The SMILES string of the molecule is COc1cc(C=NNC(=O)C2CC2(c2ccccc2)c2ccccc2)ccc1OC(=O)c1ccco1. The number of ether oxygens (including phenoxy) is 2. The standard InChI is InChI=1S/C29H24N2O5/c1-34-26-17-20(14-15-24(26)36-28(33)25-13-8-16-35-25)19-30-31-27(32)23-18-29(23,21-9-4-2-5-10-21)22-11-6-3-7-12-22/h2-17,19,23H,18H2,1H3,(H,31,32). The van der Waals surface area contributed by atoms with E-state index in [0.717, 1.165) is 11.1 Å². The third-order valence-corrected chi connectivity index (χ3v) is 6.36. The average molecular weight is 481 g/mol. The maximum absolute atomic E-state index is 13.1. The summed E-state index contributed by atoms with van der Waals surface area (Å²) < 4.78 is 15.8. The lowest BCUT2D eigenvalue weighted by Crippen LogP contribution is -2.25. The molecule has 0 saturated heterocycles. The van der Waals surface area contributed by atoms with Gasteiger partial charge in [0.15, 0.2) is 11.5 Å². The Morgan fingerprint density at radius 3 is 2.25 bits per heavy atom. The Bertz CT molecular complexity index is 1340. The molecule has 3 aromatic carbocycles. The van der Waals surface area contributed by atoms with Crippen molar-refractivity contribution in [3.05, 3.63) is 120 Å². The van der Waals surface area contributed by atoms with Gasteiger partial charge in [-0.25, -0.2) is 10.2 Å². The predicted octanol–water partition coefficient (Wildman–Crippen LogP) is 4.96. The van der Waals surface area contributed by atoms with Crippen LogP contribution in [0.25, 0.3) is 0 Å². The molecule has 0 radical (unpaired) electrons. The van der Waals surface area contributed by atoms with Crippen molar-refractivity contribution in [2.75, 3.05) is 7.11 Å². The lowest BCUT2D eigenvalue weighted by Gasteiger charge is -2.18. The highest BCUT2D eigenvalue weighted by Crippen LogP contribution is 2.58. The van der Waals surface area contributed by atoms with Gasteiger partial charge in [-0.15, -0.1) is 0 Å². The first-order valence-corrected chi connectivity index (χ1v) is 11.5. The van der Waals surface area contributed by atoms with Crippen LogP contribution in [0.5, 0.6) is 11.5 Å². The minimum absolute atomic E-state index is 0.0903. The summed E-state index contributed by atoms with van der Waals surface area (Å²) in [6, 6.07) is 28.3. The van der Waals surface area contributed by atoms with Gasteiger partial charge in [-0.1, -0.05) is 60.7 Å². The predicted molar refractivity (Wildman–Crippen MR) is 134 cm³/mol.